The first-order valence-corrected chi connectivity index (χ1v) is 10.4. The average Bonchev–Trinajstić information content (AvgIpc) is 2.75. The van der Waals surface area contributed by atoms with E-state index in [1.807, 2.05) is 29.2 Å². The third-order valence-electron chi connectivity index (χ3n) is 4.64. The van der Waals surface area contributed by atoms with E-state index in [1.54, 1.807) is 24.3 Å². The van der Waals surface area contributed by atoms with Crippen molar-refractivity contribution < 1.29 is 13.2 Å². The van der Waals surface area contributed by atoms with Crippen LogP contribution in [0.25, 0.3) is 11.0 Å². The highest BCUT2D eigenvalue weighted by Crippen LogP contribution is 2.34. The number of fused-ring (bicyclic) bond motifs is 1. The number of sulfone groups is 1. The second-order valence-corrected chi connectivity index (χ2v) is 8.42. The number of nitriles is 1. The second kappa shape index (κ2) is 7.54. The highest BCUT2D eigenvalue weighted by atomic mass is 32.2. The molecule has 0 aliphatic carbocycles. The van der Waals surface area contributed by atoms with Crippen molar-refractivity contribution in [3.05, 3.63) is 60.3 Å². The zero-order chi connectivity index (χ0) is 19.6. The molecule has 0 amide bonds. The summed E-state index contributed by atoms with van der Waals surface area (Å²) in [7, 11) is -3.96. The highest BCUT2D eigenvalue weighted by molar-refractivity contribution is 7.92. The van der Waals surface area contributed by atoms with Gasteiger partial charge in [0.15, 0.2) is 11.1 Å². The number of ether oxygens (including phenoxy) is 1. The van der Waals surface area contributed by atoms with E-state index < -0.39 is 15.1 Å². The van der Waals surface area contributed by atoms with Crippen molar-refractivity contribution in [2.45, 2.75) is 10.1 Å². The topological polar surface area (TPSA) is 96.2 Å². The molecule has 0 unspecified atom stereocenters. The molecular weight excluding hydrogens is 376 g/mol. The number of para-hydroxylation sites is 2. The van der Waals surface area contributed by atoms with E-state index in [9.17, 15) is 13.7 Å². The molecule has 8 heteroatoms. The van der Waals surface area contributed by atoms with Crippen LogP contribution in [0, 0.1) is 11.3 Å². The Hall–Kier alpha value is -3.02. The SMILES string of the molecule is N#C[C@@H](c1nc2ccccc2nc1N1CCOCC1)S(=O)(=O)c1ccccc1. The highest BCUT2D eigenvalue weighted by Gasteiger charge is 2.35. The molecule has 28 heavy (non-hydrogen) atoms. The lowest BCUT2D eigenvalue weighted by atomic mass is 10.2. The van der Waals surface area contributed by atoms with Crippen LogP contribution in [0.5, 0.6) is 0 Å². The van der Waals surface area contributed by atoms with Gasteiger partial charge in [-0.3, -0.25) is 0 Å². The minimum Gasteiger partial charge on any atom is -0.378 e. The maximum Gasteiger partial charge on any atom is 0.200 e. The number of nitrogens with zero attached hydrogens (tertiary/aromatic N) is 4. The summed E-state index contributed by atoms with van der Waals surface area (Å²) in [5, 5.41) is 8.38. The molecule has 0 N–H and O–H groups in total. The predicted molar refractivity (Wildman–Crippen MR) is 105 cm³/mol. The Bertz CT molecular complexity index is 1140. The number of anilines is 1. The molecule has 1 saturated heterocycles. The van der Waals surface area contributed by atoms with Crippen LogP contribution in [-0.2, 0) is 14.6 Å². The zero-order valence-corrected chi connectivity index (χ0v) is 15.8. The largest absolute Gasteiger partial charge is 0.378 e. The molecule has 3 aromatic rings. The zero-order valence-electron chi connectivity index (χ0n) is 15.0. The lowest BCUT2D eigenvalue weighted by molar-refractivity contribution is 0.122. The summed E-state index contributed by atoms with van der Waals surface area (Å²) in [6.45, 7) is 2.14. The van der Waals surface area contributed by atoms with E-state index >= 15 is 0 Å². The Morgan fingerprint density at radius 3 is 2.21 bits per heavy atom. The van der Waals surface area contributed by atoms with E-state index in [0.29, 0.717) is 43.2 Å². The summed E-state index contributed by atoms with van der Waals surface area (Å²) in [5.74, 6) is 0.424. The molecule has 2 aromatic carbocycles. The molecule has 0 saturated carbocycles. The number of benzene rings is 2. The van der Waals surface area contributed by atoms with E-state index in [-0.39, 0.29) is 10.6 Å². The first kappa shape index (κ1) is 18.3. The van der Waals surface area contributed by atoms with Gasteiger partial charge in [-0.05, 0) is 24.3 Å². The molecule has 1 aliphatic heterocycles. The Morgan fingerprint density at radius 1 is 0.964 bits per heavy atom. The third kappa shape index (κ3) is 3.30. The molecule has 0 bridgehead atoms. The van der Waals surface area contributed by atoms with Crippen molar-refractivity contribution in [1.29, 1.82) is 5.26 Å². The second-order valence-electron chi connectivity index (χ2n) is 6.39. The standard InChI is InChI=1S/C20H18N4O3S/c21-14-18(28(25,26)15-6-2-1-3-7-15)19-20(24-10-12-27-13-11-24)23-17-9-5-4-8-16(17)22-19/h1-9,18H,10-13H2/t18-/m0/s1. The van der Waals surface area contributed by atoms with Crippen LogP contribution in [0.4, 0.5) is 5.82 Å². The van der Waals surface area contributed by atoms with Crippen molar-refractivity contribution in [2.24, 2.45) is 0 Å². The van der Waals surface area contributed by atoms with Crippen LogP contribution >= 0.6 is 0 Å². The van der Waals surface area contributed by atoms with Gasteiger partial charge in [-0.25, -0.2) is 18.4 Å². The van der Waals surface area contributed by atoms with Crippen molar-refractivity contribution in [3.8, 4) is 6.07 Å². The van der Waals surface area contributed by atoms with Crippen LogP contribution in [0.2, 0.25) is 0 Å². The van der Waals surface area contributed by atoms with Gasteiger partial charge >= 0.3 is 0 Å². The molecule has 1 aromatic heterocycles. The average molecular weight is 394 g/mol. The summed E-state index contributed by atoms with van der Waals surface area (Å²) in [6, 6.07) is 17.2. The van der Waals surface area contributed by atoms with Crippen LogP contribution in [0.3, 0.4) is 0 Å². The molecule has 7 nitrogen and oxygen atoms in total. The van der Waals surface area contributed by atoms with Gasteiger partial charge in [0.25, 0.3) is 0 Å². The fourth-order valence-corrected chi connectivity index (χ4v) is 4.61. The predicted octanol–water partition coefficient (Wildman–Crippen LogP) is 2.50. The van der Waals surface area contributed by atoms with Gasteiger partial charge in [0.05, 0.1) is 35.2 Å². The maximum absolute atomic E-state index is 13.2. The number of hydrogen-bond donors (Lipinski definition) is 0. The number of morpholine rings is 1. The monoisotopic (exact) mass is 394 g/mol. The van der Waals surface area contributed by atoms with Crippen molar-refractivity contribution >= 4 is 26.7 Å². The van der Waals surface area contributed by atoms with Gasteiger partial charge in [-0.1, -0.05) is 30.3 Å². The summed E-state index contributed by atoms with van der Waals surface area (Å²) < 4.78 is 31.8. The van der Waals surface area contributed by atoms with Gasteiger partial charge in [0.2, 0.25) is 9.84 Å². The Labute approximate surface area is 163 Å². The van der Waals surface area contributed by atoms with E-state index in [1.165, 1.54) is 12.1 Å². The van der Waals surface area contributed by atoms with E-state index in [4.69, 9.17) is 4.74 Å². The lowest BCUT2D eigenvalue weighted by Crippen LogP contribution is -2.38. The van der Waals surface area contributed by atoms with Crippen molar-refractivity contribution in [1.82, 2.24) is 9.97 Å². The summed E-state index contributed by atoms with van der Waals surface area (Å²) in [5.41, 5.74) is 1.37. The minimum absolute atomic E-state index is 0.0874. The lowest BCUT2D eigenvalue weighted by Gasteiger charge is -2.30. The van der Waals surface area contributed by atoms with Crippen LogP contribution in [0.15, 0.2) is 59.5 Å². The molecule has 2 heterocycles. The number of aromatic nitrogens is 2. The fourth-order valence-electron chi connectivity index (χ4n) is 3.21. The smallest absolute Gasteiger partial charge is 0.200 e. The Morgan fingerprint density at radius 2 is 1.57 bits per heavy atom. The quantitative estimate of drug-likeness (QED) is 0.671. The molecule has 1 aliphatic rings. The van der Waals surface area contributed by atoms with Gasteiger partial charge in [0, 0.05) is 13.1 Å². The normalized spacial score (nSPS) is 15.9. The number of rotatable bonds is 4. The Kier molecular flexibility index (Phi) is 4.94. The minimum atomic E-state index is -3.96. The van der Waals surface area contributed by atoms with E-state index in [0.717, 1.165) is 0 Å². The van der Waals surface area contributed by atoms with Crippen molar-refractivity contribution in [3.63, 3.8) is 0 Å². The van der Waals surface area contributed by atoms with Gasteiger partial charge < -0.3 is 9.64 Å². The number of hydrogen-bond acceptors (Lipinski definition) is 7. The summed E-state index contributed by atoms with van der Waals surface area (Å²) in [6.07, 6.45) is 0. The van der Waals surface area contributed by atoms with Crippen LogP contribution in [-0.4, -0.2) is 44.7 Å². The molecule has 142 valence electrons. The molecule has 1 fully saturated rings. The molecule has 1 atom stereocenters. The van der Waals surface area contributed by atoms with Gasteiger partial charge in [0.1, 0.15) is 5.69 Å². The van der Waals surface area contributed by atoms with Gasteiger partial charge in [-0.15, -0.1) is 0 Å². The molecule has 4 rings (SSSR count). The molecule has 0 radical (unpaired) electrons. The van der Waals surface area contributed by atoms with Crippen LogP contribution < -0.4 is 4.90 Å². The maximum atomic E-state index is 13.2. The van der Waals surface area contributed by atoms with Crippen LogP contribution in [0.1, 0.15) is 10.9 Å². The van der Waals surface area contributed by atoms with Gasteiger partial charge in [-0.2, -0.15) is 5.26 Å². The first-order chi connectivity index (χ1) is 13.6. The molecular formula is C20H18N4O3S. The fraction of sp³-hybridized carbons (Fsp3) is 0.250. The summed E-state index contributed by atoms with van der Waals surface area (Å²) in [4.78, 5) is 11.3. The van der Waals surface area contributed by atoms with E-state index in [2.05, 4.69) is 9.97 Å². The summed E-state index contributed by atoms with van der Waals surface area (Å²) >= 11 is 0. The Balaban J connectivity index is 1.91. The third-order valence-corrected chi connectivity index (χ3v) is 6.51. The van der Waals surface area contributed by atoms with Crippen molar-refractivity contribution in [2.75, 3.05) is 31.2 Å². The first-order valence-electron chi connectivity index (χ1n) is 8.89. The molecule has 0 spiro atoms.